The Morgan fingerprint density at radius 3 is 2.43 bits per heavy atom. The summed E-state index contributed by atoms with van der Waals surface area (Å²) in [5.74, 6) is 0. The fraction of sp³-hybridized carbons (Fsp3) is 0.333. The molecule has 0 saturated heterocycles. The maximum absolute atomic E-state index is 6.03. The van der Waals surface area contributed by atoms with E-state index in [9.17, 15) is 0 Å². The minimum atomic E-state index is 0.830. The van der Waals surface area contributed by atoms with Crippen LogP contribution in [-0.2, 0) is 7.05 Å². The van der Waals surface area contributed by atoms with Crippen LogP contribution in [0.15, 0.2) is 24.3 Å². The highest BCUT2D eigenvalue weighted by molar-refractivity contribution is 6.35. The molecule has 0 radical (unpaired) electrons. The lowest BCUT2D eigenvalue weighted by Gasteiger charge is -1.97. The summed E-state index contributed by atoms with van der Waals surface area (Å²) in [6.45, 7) is 6.08. The van der Waals surface area contributed by atoms with E-state index in [0.29, 0.717) is 0 Å². The fourth-order valence-corrected chi connectivity index (χ4v) is 1.68. The van der Waals surface area contributed by atoms with Gasteiger partial charge in [-0.2, -0.15) is 0 Å². The highest BCUT2D eigenvalue weighted by atomic mass is 35.5. The lowest BCUT2D eigenvalue weighted by molar-refractivity contribution is 0.918. The Bertz CT molecular complexity index is 429. The molecule has 0 amide bonds. The van der Waals surface area contributed by atoms with Gasteiger partial charge in [-0.05, 0) is 25.1 Å². The van der Waals surface area contributed by atoms with Crippen molar-refractivity contribution in [3.05, 3.63) is 35.0 Å². The maximum Gasteiger partial charge on any atom is 0.0499 e. The zero-order chi connectivity index (χ0) is 10.7. The van der Waals surface area contributed by atoms with Crippen LogP contribution in [0, 0.1) is 6.92 Å². The van der Waals surface area contributed by atoms with Crippen LogP contribution in [0.5, 0.6) is 0 Å². The summed E-state index contributed by atoms with van der Waals surface area (Å²) in [5.41, 5.74) is 2.43. The van der Waals surface area contributed by atoms with Gasteiger partial charge in [0.15, 0.2) is 0 Å². The zero-order valence-electron chi connectivity index (χ0n) is 9.13. The van der Waals surface area contributed by atoms with E-state index in [1.807, 2.05) is 33.0 Å². The van der Waals surface area contributed by atoms with Gasteiger partial charge >= 0.3 is 0 Å². The smallest absolute Gasteiger partial charge is 0.0499 e. The second-order valence-electron chi connectivity index (χ2n) is 3.02. The standard InChI is InChI=1S/C10H10ClN.C2H6/c1-7-6-8-9(11)4-3-5-10(8)12(7)2;1-2/h3-6H,1-2H3;1-2H3. The van der Waals surface area contributed by atoms with Gasteiger partial charge in [-0.1, -0.05) is 31.5 Å². The van der Waals surface area contributed by atoms with Gasteiger partial charge in [-0.15, -0.1) is 0 Å². The highest BCUT2D eigenvalue weighted by Crippen LogP contribution is 2.25. The SMILES string of the molecule is CC.Cc1cc2c(Cl)cccc2n1C. The molecule has 1 aromatic heterocycles. The molecule has 0 aliphatic rings. The Labute approximate surface area is 90.3 Å². The van der Waals surface area contributed by atoms with Crippen LogP contribution in [0.4, 0.5) is 0 Å². The van der Waals surface area contributed by atoms with Crippen molar-refractivity contribution in [2.45, 2.75) is 20.8 Å². The van der Waals surface area contributed by atoms with Gasteiger partial charge in [-0.25, -0.2) is 0 Å². The van der Waals surface area contributed by atoms with Crippen molar-refractivity contribution in [1.29, 1.82) is 0 Å². The monoisotopic (exact) mass is 209 g/mol. The van der Waals surface area contributed by atoms with Gasteiger partial charge in [0.1, 0.15) is 0 Å². The first-order valence-corrected chi connectivity index (χ1v) is 5.28. The van der Waals surface area contributed by atoms with Crippen LogP contribution in [0.1, 0.15) is 19.5 Å². The quantitative estimate of drug-likeness (QED) is 0.614. The number of hydrogen-bond donors (Lipinski definition) is 0. The number of aryl methyl sites for hydroxylation is 2. The minimum absolute atomic E-state index is 0.830. The van der Waals surface area contributed by atoms with E-state index in [1.54, 1.807) is 0 Å². The third kappa shape index (κ3) is 1.78. The number of rotatable bonds is 0. The summed E-state index contributed by atoms with van der Waals surface area (Å²) in [6.07, 6.45) is 0. The van der Waals surface area contributed by atoms with E-state index in [2.05, 4.69) is 23.6 Å². The third-order valence-electron chi connectivity index (χ3n) is 2.27. The average molecular weight is 210 g/mol. The highest BCUT2D eigenvalue weighted by Gasteiger charge is 2.03. The lowest BCUT2D eigenvalue weighted by Crippen LogP contribution is -1.88. The van der Waals surface area contributed by atoms with Crippen molar-refractivity contribution in [2.24, 2.45) is 7.05 Å². The largest absolute Gasteiger partial charge is 0.348 e. The van der Waals surface area contributed by atoms with Gasteiger partial charge in [0.25, 0.3) is 0 Å². The second kappa shape index (κ2) is 4.52. The molecule has 0 aliphatic carbocycles. The predicted molar refractivity (Wildman–Crippen MR) is 64.0 cm³/mol. The van der Waals surface area contributed by atoms with Gasteiger partial charge in [0.05, 0.1) is 0 Å². The number of fused-ring (bicyclic) bond motifs is 1. The molecule has 0 aliphatic heterocycles. The van der Waals surface area contributed by atoms with Crippen molar-refractivity contribution in [2.75, 3.05) is 0 Å². The first-order valence-electron chi connectivity index (χ1n) is 4.90. The molecule has 1 heterocycles. The molecule has 1 nitrogen and oxygen atoms in total. The molecule has 0 bridgehead atoms. The summed E-state index contributed by atoms with van der Waals surface area (Å²) in [5, 5.41) is 1.97. The first kappa shape index (κ1) is 11.1. The summed E-state index contributed by atoms with van der Waals surface area (Å²) in [6, 6.07) is 8.08. The Hall–Kier alpha value is -0.950. The number of hydrogen-bond acceptors (Lipinski definition) is 0. The molecule has 0 unspecified atom stereocenters. The summed E-state index contributed by atoms with van der Waals surface area (Å²) in [4.78, 5) is 0. The zero-order valence-corrected chi connectivity index (χ0v) is 9.89. The first-order chi connectivity index (χ1) is 6.70. The van der Waals surface area contributed by atoms with Crippen molar-refractivity contribution in [1.82, 2.24) is 4.57 Å². The molecule has 2 heteroatoms. The molecular weight excluding hydrogens is 194 g/mol. The van der Waals surface area contributed by atoms with E-state index >= 15 is 0 Å². The molecule has 76 valence electrons. The van der Waals surface area contributed by atoms with Crippen molar-refractivity contribution >= 4 is 22.5 Å². The van der Waals surface area contributed by atoms with Crippen molar-refractivity contribution in [3.63, 3.8) is 0 Å². The molecular formula is C12H16ClN. The minimum Gasteiger partial charge on any atom is -0.348 e. The summed E-state index contributed by atoms with van der Waals surface area (Å²) >= 11 is 6.03. The van der Waals surface area contributed by atoms with Gasteiger partial charge in [0, 0.05) is 28.7 Å². The lowest BCUT2D eigenvalue weighted by atomic mass is 10.2. The Kier molecular flexibility index (Phi) is 3.59. The topological polar surface area (TPSA) is 4.93 Å². The number of nitrogens with zero attached hydrogens (tertiary/aromatic N) is 1. The molecule has 0 atom stereocenters. The summed E-state index contributed by atoms with van der Waals surface area (Å²) in [7, 11) is 2.05. The van der Waals surface area contributed by atoms with E-state index in [4.69, 9.17) is 11.6 Å². The van der Waals surface area contributed by atoms with Crippen LogP contribution in [0.25, 0.3) is 10.9 Å². The van der Waals surface area contributed by atoms with Gasteiger partial charge in [-0.3, -0.25) is 0 Å². The van der Waals surface area contributed by atoms with Crippen LogP contribution >= 0.6 is 11.6 Å². The summed E-state index contributed by atoms with van der Waals surface area (Å²) < 4.78 is 2.14. The van der Waals surface area contributed by atoms with Crippen molar-refractivity contribution in [3.8, 4) is 0 Å². The predicted octanol–water partition coefficient (Wildman–Crippen LogP) is 4.17. The Morgan fingerprint density at radius 1 is 1.21 bits per heavy atom. The van der Waals surface area contributed by atoms with E-state index in [0.717, 1.165) is 10.4 Å². The van der Waals surface area contributed by atoms with Crippen LogP contribution < -0.4 is 0 Å². The van der Waals surface area contributed by atoms with Crippen molar-refractivity contribution < 1.29 is 0 Å². The van der Waals surface area contributed by atoms with Crippen LogP contribution in [-0.4, -0.2) is 4.57 Å². The number of halogens is 1. The maximum atomic E-state index is 6.03. The molecule has 14 heavy (non-hydrogen) atoms. The molecule has 0 spiro atoms. The van der Waals surface area contributed by atoms with E-state index in [1.165, 1.54) is 11.2 Å². The molecule has 0 saturated carbocycles. The number of aromatic nitrogens is 1. The van der Waals surface area contributed by atoms with Crippen LogP contribution in [0.3, 0.4) is 0 Å². The average Bonchev–Trinajstić information content (AvgIpc) is 2.50. The van der Waals surface area contributed by atoms with Crippen LogP contribution in [0.2, 0.25) is 5.02 Å². The second-order valence-corrected chi connectivity index (χ2v) is 3.42. The van der Waals surface area contributed by atoms with Gasteiger partial charge in [0.2, 0.25) is 0 Å². The molecule has 2 rings (SSSR count). The van der Waals surface area contributed by atoms with E-state index in [-0.39, 0.29) is 0 Å². The third-order valence-corrected chi connectivity index (χ3v) is 2.60. The number of benzene rings is 1. The molecule has 2 aromatic rings. The molecule has 0 N–H and O–H groups in total. The van der Waals surface area contributed by atoms with Gasteiger partial charge < -0.3 is 4.57 Å². The molecule has 1 aromatic carbocycles. The Balaban J connectivity index is 0.000000461. The molecule has 0 fully saturated rings. The normalized spacial score (nSPS) is 9.79. The fourth-order valence-electron chi connectivity index (χ4n) is 1.46. The Morgan fingerprint density at radius 2 is 1.86 bits per heavy atom. The van der Waals surface area contributed by atoms with E-state index < -0.39 is 0 Å².